The lowest BCUT2D eigenvalue weighted by Crippen LogP contribution is -2.14. The fourth-order valence-corrected chi connectivity index (χ4v) is 2.40. The van der Waals surface area contributed by atoms with Crippen LogP contribution in [0.3, 0.4) is 0 Å². The Kier molecular flexibility index (Phi) is 6.48. The minimum atomic E-state index is -0.607. The van der Waals surface area contributed by atoms with Crippen molar-refractivity contribution in [1.82, 2.24) is 0 Å². The van der Waals surface area contributed by atoms with Crippen LogP contribution < -0.4 is 15.4 Å². The fraction of sp³-hybridized carbons (Fsp3) is 0.263. The molecular formula is C19H21N3O5. The molecule has 0 aliphatic heterocycles. The van der Waals surface area contributed by atoms with Gasteiger partial charge in [-0.25, -0.2) is 0 Å². The number of nitro benzene ring substituents is 1. The molecule has 27 heavy (non-hydrogen) atoms. The van der Waals surface area contributed by atoms with Crippen LogP contribution >= 0.6 is 0 Å². The molecule has 0 aliphatic carbocycles. The van der Waals surface area contributed by atoms with E-state index in [1.165, 1.54) is 19.2 Å². The molecule has 0 radical (unpaired) electrons. The highest BCUT2D eigenvalue weighted by molar-refractivity contribution is 6.05. The molecule has 0 bridgehead atoms. The van der Waals surface area contributed by atoms with Gasteiger partial charge in [-0.05, 0) is 42.3 Å². The Morgan fingerprint density at radius 2 is 1.67 bits per heavy atom. The number of ether oxygens (including phenoxy) is 1. The molecule has 0 aliphatic rings. The van der Waals surface area contributed by atoms with Crippen LogP contribution in [0.4, 0.5) is 17.1 Å². The Morgan fingerprint density at radius 1 is 1.07 bits per heavy atom. The zero-order chi connectivity index (χ0) is 20.0. The summed E-state index contributed by atoms with van der Waals surface area (Å²) in [6.07, 6.45) is 0.425. The van der Waals surface area contributed by atoms with E-state index in [9.17, 15) is 19.7 Å². The first-order valence-electron chi connectivity index (χ1n) is 8.34. The molecule has 0 unspecified atom stereocenters. The summed E-state index contributed by atoms with van der Waals surface area (Å²) in [7, 11) is 1.32. The second kappa shape index (κ2) is 8.79. The smallest absolute Gasteiger partial charge is 0.311 e. The summed E-state index contributed by atoms with van der Waals surface area (Å²) in [5.41, 5.74) is 0.976. The number of hydrogen-bond donors (Lipinski definition) is 2. The maximum absolute atomic E-state index is 12.3. The van der Waals surface area contributed by atoms with Gasteiger partial charge in [-0.3, -0.25) is 19.7 Å². The van der Waals surface area contributed by atoms with Gasteiger partial charge in [-0.2, -0.15) is 0 Å². The molecule has 0 heterocycles. The van der Waals surface area contributed by atoms with E-state index in [1.54, 1.807) is 24.3 Å². The highest BCUT2D eigenvalue weighted by atomic mass is 16.6. The summed E-state index contributed by atoms with van der Waals surface area (Å²) in [5, 5.41) is 16.5. The number of benzene rings is 2. The monoisotopic (exact) mass is 371 g/mol. The summed E-state index contributed by atoms with van der Waals surface area (Å²) in [6.45, 7) is 3.92. The molecule has 142 valence electrons. The van der Waals surface area contributed by atoms with Gasteiger partial charge in [0.1, 0.15) is 0 Å². The van der Waals surface area contributed by atoms with Gasteiger partial charge in [0.15, 0.2) is 5.75 Å². The van der Waals surface area contributed by atoms with Crippen LogP contribution in [0.2, 0.25) is 0 Å². The molecular weight excluding hydrogens is 350 g/mol. The molecule has 0 fully saturated rings. The first kappa shape index (κ1) is 19.9. The molecule has 0 spiro atoms. The van der Waals surface area contributed by atoms with Crippen molar-refractivity contribution >= 4 is 28.9 Å². The van der Waals surface area contributed by atoms with E-state index in [2.05, 4.69) is 10.6 Å². The minimum absolute atomic E-state index is 0.0765. The molecule has 0 aromatic heterocycles. The Balaban J connectivity index is 2.07. The number of amides is 2. The predicted octanol–water partition coefficient (Wildman–Crippen LogP) is 3.84. The Labute approximate surface area is 156 Å². The zero-order valence-corrected chi connectivity index (χ0v) is 15.3. The topological polar surface area (TPSA) is 111 Å². The van der Waals surface area contributed by atoms with Crippen LogP contribution in [-0.2, 0) is 4.79 Å². The minimum Gasteiger partial charge on any atom is -0.490 e. The van der Waals surface area contributed by atoms with E-state index in [0.29, 0.717) is 17.8 Å². The molecule has 2 aromatic rings. The van der Waals surface area contributed by atoms with E-state index in [4.69, 9.17) is 4.74 Å². The number of anilines is 2. The third-order valence-corrected chi connectivity index (χ3v) is 3.66. The fourth-order valence-electron chi connectivity index (χ4n) is 2.40. The SMILES string of the molecule is COc1ccc(C(=O)Nc2ccc(NC(=O)CC(C)C)cc2)cc1[N+](=O)[O-]. The van der Waals surface area contributed by atoms with Crippen molar-refractivity contribution in [2.45, 2.75) is 20.3 Å². The predicted molar refractivity (Wildman–Crippen MR) is 102 cm³/mol. The van der Waals surface area contributed by atoms with Gasteiger partial charge < -0.3 is 15.4 Å². The van der Waals surface area contributed by atoms with Crippen LogP contribution in [0.25, 0.3) is 0 Å². The van der Waals surface area contributed by atoms with Gasteiger partial charge >= 0.3 is 5.69 Å². The molecule has 0 atom stereocenters. The summed E-state index contributed by atoms with van der Waals surface area (Å²) in [5.74, 6) is -0.222. The quantitative estimate of drug-likeness (QED) is 0.567. The lowest BCUT2D eigenvalue weighted by molar-refractivity contribution is -0.385. The zero-order valence-electron chi connectivity index (χ0n) is 15.3. The van der Waals surface area contributed by atoms with Crippen molar-refractivity contribution in [2.24, 2.45) is 5.92 Å². The Morgan fingerprint density at radius 3 is 2.19 bits per heavy atom. The van der Waals surface area contributed by atoms with E-state index in [0.717, 1.165) is 6.07 Å². The van der Waals surface area contributed by atoms with Crippen LogP contribution in [-0.4, -0.2) is 23.8 Å². The van der Waals surface area contributed by atoms with Crippen LogP contribution in [0.1, 0.15) is 30.6 Å². The van der Waals surface area contributed by atoms with Crippen LogP contribution in [0.15, 0.2) is 42.5 Å². The summed E-state index contributed by atoms with van der Waals surface area (Å²) < 4.78 is 4.92. The van der Waals surface area contributed by atoms with Crippen molar-refractivity contribution in [1.29, 1.82) is 0 Å². The number of rotatable bonds is 7. The second-order valence-corrected chi connectivity index (χ2v) is 6.32. The van der Waals surface area contributed by atoms with Crippen LogP contribution in [0, 0.1) is 16.0 Å². The summed E-state index contributed by atoms with van der Waals surface area (Å²) >= 11 is 0. The van der Waals surface area contributed by atoms with E-state index in [1.807, 2.05) is 13.8 Å². The van der Waals surface area contributed by atoms with E-state index < -0.39 is 10.8 Å². The maximum atomic E-state index is 12.3. The number of hydrogen-bond acceptors (Lipinski definition) is 5. The number of carbonyl (C=O) groups excluding carboxylic acids is 2. The lowest BCUT2D eigenvalue weighted by Gasteiger charge is -2.09. The van der Waals surface area contributed by atoms with Crippen molar-refractivity contribution in [3.63, 3.8) is 0 Å². The standard InChI is InChI=1S/C19H21N3O5/c1-12(2)10-18(23)20-14-5-7-15(8-6-14)21-19(24)13-4-9-17(27-3)16(11-13)22(25)26/h4-9,11-12H,10H2,1-3H3,(H,20,23)(H,21,24). The van der Waals surface area contributed by atoms with Gasteiger partial charge in [0.2, 0.25) is 5.91 Å². The van der Waals surface area contributed by atoms with Crippen LogP contribution in [0.5, 0.6) is 5.75 Å². The highest BCUT2D eigenvalue weighted by Gasteiger charge is 2.18. The third-order valence-electron chi connectivity index (χ3n) is 3.66. The molecule has 2 rings (SSSR count). The molecule has 2 amide bonds. The number of carbonyl (C=O) groups is 2. The number of methoxy groups -OCH3 is 1. The average Bonchev–Trinajstić information content (AvgIpc) is 2.62. The molecule has 2 N–H and O–H groups in total. The molecule has 8 nitrogen and oxygen atoms in total. The van der Waals surface area contributed by atoms with Gasteiger partial charge in [-0.15, -0.1) is 0 Å². The van der Waals surface area contributed by atoms with Crippen molar-refractivity contribution < 1.29 is 19.2 Å². The van der Waals surface area contributed by atoms with Gasteiger partial charge in [0.05, 0.1) is 12.0 Å². The van der Waals surface area contributed by atoms with E-state index in [-0.39, 0.29) is 28.8 Å². The van der Waals surface area contributed by atoms with Crippen molar-refractivity contribution in [3.05, 3.63) is 58.1 Å². The first-order valence-corrected chi connectivity index (χ1v) is 8.34. The Hall–Kier alpha value is -3.42. The molecule has 0 saturated heterocycles. The highest BCUT2D eigenvalue weighted by Crippen LogP contribution is 2.28. The number of nitrogens with zero attached hydrogens (tertiary/aromatic N) is 1. The maximum Gasteiger partial charge on any atom is 0.311 e. The molecule has 0 saturated carbocycles. The van der Waals surface area contributed by atoms with Crippen molar-refractivity contribution in [2.75, 3.05) is 17.7 Å². The lowest BCUT2D eigenvalue weighted by atomic mass is 10.1. The summed E-state index contributed by atoms with van der Waals surface area (Å²) in [4.78, 5) is 34.6. The number of nitrogens with one attached hydrogen (secondary N) is 2. The second-order valence-electron chi connectivity index (χ2n) is 6.32. The number of nitro groups is 1. The Bertz CT molecular complexity index is 847. The van der Waals surface area contributed by atoms with E-state index >= 15 is 0 Å². The average molecular weight is 371 g/mol. The third kappa shape index (κ3) is 5.53. The first-order chi connectivity index (χ1) is 12.8. The van der Waals surface area contributed by atoms with Gasteiger partial charge in [0, 0.05) is 29.4 Å². The summed E-state index contributed by atoms with van der Waals surface area (Å²) in [6, 6.07) is 10.6. The van der Waals surface area contributed by atoms with Gasteiger partial charge in [-0.1, -0.05) is 13.8 Å². The normalized spacial score (nSPS) is 10.4. The van der Waals surface area contributed by atoms with Gasteiger partial charge in [0.25, 0.3) is 5.91 Å². The van der Waals surface area contributed by atoms with Crippen molar-refractivity contribution in [3.8, 4) is 5.75 Å². The largest absolute Gasteiger partial charge is 0.490 e. The molecule has 8 heteroatoms. The molecule has 2 aromatic carbocycles.